The highest BCUT2D eigenvalue weighted by Crippen LogP contribution is 2.42. The number of thiophene rings is 1. The van der Waals surface area contributed by atoms with E-state index in [-0.39, 0.29) is 23.8 Å². The summed E-state index contributed by atoms with van der Waals surface area (Å²) in [7, 11) is 1.92. The summed E-state index contributed by atoms with van der Waals surface area (Å²) in [5.74, 6) is 0.991. The van der Waals surface area contributed by atoms with Crippen LogP contribution in [0.1, 0.15) is 35.2 Å². The number of aryl methyl sites for hydroxylation is 1. The van der Waals surface area contributed by atoms with Crippen molar-refractivity contribution in [3.05, 3.63) is 40.3 Å². The van der Waals surface area contributed by atoms with Crippen molar-refractivity contribution in [2.75, 3.05) is 13.1 Å². The van der Waals surface area contributed by atoms with Gasteiger partial charge in [-0.25, -0.2) is 0 Å². The van der Waals surface area contributed by atoms with Crippen molar-refractivity contribution in [2.45, 2.75) is 24.8 Å². The van der Waals surface area contributed by atoms with Gasteiger partial charge in [-0.3, -0.25) is 9.48 Å². The molecule has 0 spiro atoms. The highest BCUT2D eigenvalue weighted by atomic mass is 32.1. The van der Waals surface area contributed by atoms with E-state index in [1.54, 1.807) is 16.0 Å². The lowest BCUT2D eigenvalue weighted by molar-refractivity contribution is -0.125. The molecule has 5 nitrogen and oxygen atoms in total. The van der Waals surface area contributed by atoms with Crippen LogP contribution in [0, 0.1) is 11.8 Å². The van der Waals surface area contributed by atoms with E-state index in [4.69, 9.17) is 0 Å². The molecular formula is C17H22N4OS. The molecule has 1 aliphatic carbocycles. The van der Waals surface area contributed by atoms with Crippen molar-refractivity contribution in [3.63, 3.8) is 0 Å². The first-order valence-corrected chi connectivity index (χ1v) is 9.13. The molecule has 2 fully saturated rings. The summed E-state index contributed by atoms with van der Waals surface area (Å²) in [6, 6.07) is 4.40. The van der Waals surface area contributed by atoms with Gasteiger partial charge in [-0.05, 0) is 35.8 Å². The van der Waals surface area contributed by atoms with Crippen LogP contribution in [0.15, 0.2) is 29.9 Å². The summed E-state index contributed by atoms with van der Waals surface area (Å²) >= 11 is 1.74. The number of nitrogens with one attached hydrogen (secondary N) is 2. The third-order valence-corrected chi connectivity index (χ3v) is 5.90. The van der Waals surface area contributed by atoms with Gasteiger partial charge in [0.15, 0.2) is 0 Å². The molecule has 2 aromatic heterocycles. The molecule has 2 aromatic rings. The van der Waals surface area contributed by atoms with E-state index in [0.29, 0.717) is 5.92 Å². The van der Waals surface area contributed by atoms with Gasteiger partial charge in [-0.1, -0.05) is 6.07 Å². The monoisotopic (exact) mass is 330 g/mol. The number of amides is 1. The lowest BCUT2D eigenvalue weighted by Crippen LogP contribution is -2.37. The average Bonchev–Trinajstić information content (AvgIpc) is 2.99. The number of rotatable bonds is 5. The van der Waals surface area contributed by atoms with Crippen molar-refractivity contribution in [1.29, 1.82) is 0 Å². The quantitative estimate of drug-likeness (QED) is 0.882. The minimum Gasteiger partial charge on any atom is -0.348 e. The third kappa shape index (κ3) is 3.05. The molecule has 4 rings (SSSR count). The summed E-state index contributed by atoms with van der Waals surface area (Å²) in [5.41, 5.74) is 1.15. The van der Waals surface area contributed by atoms with Gasteiger partial charge in [0.1, 0.15) is 0 Å². The summed E-state index contributed by atoms with van der Waals surface area (Å²) in [5, 5.41) is 13.0. The molecule has 1 saturated carbocycles. The number of aromatic nitrogens is 2. The Morgan fingerprint density at radius 3 is 3.00 bits per heavy atom. The van der Waals surface area contributed by atoms with Crippen LogP contribution < -0.4 is 10.6 Å². The first-order valence-electron chi connectivity index (χ1n) is 8.25. The maximum Gasteiger partial charge on any atom is 0.225 e. The number of carbonyl (C=O) groups is 1. The Morgan fingerprint density at radius 1 is 1.48 bits per heavy atom. The molecule has 1 unspecified atom stereocenters. The topological polar surface area (TPSA) is 59.0 Å². The van der Waals surface area contributed by atoms with Crippen LogP contribution in [0.25, 0.3) is 0 Å². The van der Waals surface area contributed by atoms with Gasteiger partial charge in [0, 0.05) is 37.1 Å². The molecular weight excluding hydrogens is 308 g/mol. The lowest BCUT2D eigenvalue weighted by Gasteiger charge is -2.22. The molecule has 6 heteroatoms. The Bertz CT molecular complexity index is 677. The Balaban J connectivity index is 1.49. The largest absolute Gasteiger partial charge is 0.348 e. The SMILES string of the molecule is Cn1cc([C@H]2CNC[C@@H]2C(=O)NC(c2cccs2)C2CC2)cn1. The van der Waals surface area contributed by atoms with Gasteiger partial charge < -0.3 is 10.6 Å². The second kappa shape index (κ2) is 6.09. The Morgan fingerprint density at radius 2 is 2.35 bits per heavy atom. The lowest BCUT2D eigenvalue weighted by atomic mass is 9.90. The minimum absolute atomic E-state index is 0.0135. The van der Waals surface area contributed by atoms with Crippen LogP contribution in [-0.2, 0) is 11.8 Å². The molecule has 0 aromatic carbocycles. The summed E-state index contributed by atoms with van der Waals surface area (Å²) in [6.07, 6.45) is 6.35. The fourth-order valence-electron chi connectivity index (χ4n) is 3.52. The van der Waals surface area contributed by atoms with Gasteiger partial charge in [0.2, 0.25) is 5.91 Å². The zero-order valence-corrected chi connectivity index (χ0v) is 14.1. The van der Waals surface area contributed by atoms with E-state index in [9.17, 15) is 4.79 Å². The molecule has 1 aliphatic heterocycles. The molecule has 3 heterocycles. The molecule has 2 aliphatic rings. The van der Waals surface area contributed by atoms with Crippen LogP contribution in [-0.4, -0.2) is 28.8 Å². The fraction of sp³-hybridized carbons (Fsp3) is 0.529. The third-order valence-electron chi connectivity index (χ3n) is 4.94. The van der Waals surface area contributed by atoms with Crippen molar-refractivity contribution >= 4 is 17.2 Å². The average molecular weight is 330 g/mol. The molecule has 122 valence electrons. The molecule has 3 atom stereocenters. The van der Waals surface area contributed by atoms with Gasteiger partial charge in [-0.15, -0.1) is 11.3 Å². The molecule has 0 bridgehead atoms. The number of hydrogen-bond donors (Lipinski definition) is 2. The maximum absolute atomic E-state index is 12.9. The normalized spacial score (nSPS) is 25.4. The van der Waals surface area contributed by atoms with Crippen molar-refractivity contribution in [2.24, 2.45) is 18.9 Å². The van der Waals surface area contributed by atoms with Crippen LogP contribution in [0.4, 0.5) is 0 Å². The smallest absolute Gasteiger partial charge is 0.225 e. The number of carbonyl (C=O) groups excluding carboxylic acids is 1. The molecule has 1 amide bonds. The zero-order chi connectivity index (χ0) is 15.8. The van der Waals surface area contributed by atoms with E-state index in [2.05, 4.69) is 33.2 Å². The van der Waals surface area contributed by atoms with Crippen LogP contribution >= 0.6 is 11.3 Å². The molecule has 0 radical (unpaired) electrons. The van der Waals surface area contributed by atoms with Crippen LogP contribution in [0.5, 0.6) is 0 Å². The summed E-state index contributed by atoms with van der Waals surface area (Å²) < 4.78 is 1.81. The molecule has 23 heavy (non-hydrogen) atoms. The Kier molecular flexibility index (Phi) is 3.95. The fourth-order valence-corrected chi connectivity index (χ4v) is 4.38. The summed E-state index contributed by atoms with van der Waals surface area (Å²) in [4.78, 5) is 14.2. The predicted molar refractivity (Wildman–Crippen MR) is 90.2 cm³/mol. The van der Waals surface area contributed by atoms with Gasteiger partial charge in [0.25, 0.3) is 0 Å². The minimum atomic E-state index is -0.0135. The standard InChI is InChI=1S/C17H22N4OS/c1-21-10-12(7-19-21)13-8-18-9-14(13)17(22)20-16(11-4-5-11)15-3-2-6-23-15/h2-3,6-7,10-11,13-14,16,18H,4-5,8-9H2,1H3,(H,20,22)/t13-,14+,16?/m1/s1. The second-order valence-electron chi connectivity index (χ2n) is 6.66. The second-order valence-corrected chi connectivity index (χ2v) is 7.64. The van der Waals surface area contributed by atoms with Crippen molar-refractivity contribution < 1.29 is 4.79 Å². The number of nitrogens with zero attached hydrogens (tertiary/aromatic N) is 2. The molecule has 2 N–H and O–H groups in total. The van der Waals surface area contributed by atoms with E-state index in [1.165, 1.54) is 17.7 Å². The Hall–Kier alpha value is -1.66. The van der Waals surface area contributed by atoms with Crippen molar-refractivity contribution in [3.8, 4) is 0 Å². The Labute approximate surface area is 140 Å². The van der Waals surface area contributed by atoms with Crippen molar-refractivity contribution in [1.82, 2.24) is 20.4 Å². The first-order chi connectivity index (χ1) is 11.2. The van der Waals surface area contributed by atoms with Gasteiger partial charge >= 0.3 is 0 Å². The summed E-state index contributed by atoms with van der Waals surface area (Å²) in [6.45, 7) is 1.59. The van der Waals surface area contributed by atoms with E-state index in [1.807, 2.05) is 19.4 Å². The van der Waals surface area contributed by atoms with E-state index in [0.717, 1.165) is 18.7 Å². The van der Waals surface area contributed by atoms with Gasteiger partial charge in [0.05, 0.1) is 18.2 Å². The van der Waals surface area contributed by atoms with E-state index < -0.39 is 0 Å². The number of hydrogen-bond acceptors (Lipinski definition) is 4. The van der Waals surface area contributed by atoms with Crippen LogP contribution in [0.3, 0.4) is 0 Å². The highest BCUT2D eigenvalue weighted by Gasteiger charge is 2.39. The van der Waals surface area contributed by atoms with Gasteiger partial charge in [-0.2, -0.15) is 5.10 Å². The highest BCUT2D eigenvalue weighted by molar-refractivity contribution is 7.10. The molecule has 1 saturated heterocycles. The first kappa shape index (κ1) is 14.9. The van der Waals surface area contributed by atoms with E-state index >= 15 is 0 Å². The zero-order valence-electron chi connectivity index (χ0n) is 13.2. The predicted octanol–water partition coefficient (Wildman–Crippen LogP) is 2.05. The maximum atomic E-state index is 12.9. The van der Waals surface area contributed by atoms with Crippen LogP contribution in [0.2, 0.25) is 0 Å².